The van der Waals surface area contributed by atoms with Gasteiger partial charge in [-0.1, -0.05) is 19.1 Å². The summed E-state index contributed by atoms with van der Waals surface area (Å²) >= 11 is 0. The minimum absolute atomic E-state index is 0.0551. The zero-order valence-electron chi connectivity index (χ0n) is 15.1. The van der Waals surface area contributed by atoms with E-state index < -0.39 is 17.2 Å². The molecule has 0 fully saturated rings. The summed E-state index contributed by atoms with van der Waals surface area (Å²) in [7, 11) is 0. The Hall–Kier alpha value is -2.53. The van der Waals surface area contributed by atoms with Gasteiger partial charge in [0.25, 0.3) is 0 Å². The van der Waals surface area contributed by atoms with Crippen LogP contribution in [0.15, 0.2) is 42.6 Å². The molecule has 1 heterocycles. The maximum Gasteiger partial charge on any atom is 0.134 e. The minimum Gasteiger partial charge on any atom is -0.394 e. The smallest absolute Gasteiger partial charge is 0.134 e. The molecule has 0 radical (unpaired) electrons. The van der Waals surface area contributed by atoms with Crippen molar-refractivity contribution >= 4 is 16.6 Å². The van der Waals surface area contributed by atoms with Gasteiger partial charge in [0.15, 0.2) is 0 Å². The van der Waals surface area contributed by atoms with Crippen LogP contribution in [-0.4, -0.2) is 22.2 Å². The van der Waals surface area contributed by atoms with E-state index >= 15 is 0 Å². The second-order valence-corrected chi connectivity index (χ2v) is 7.08. The number of hydrogen-bond donors (Lipinski definition) is 2. The van der Waals surface area contributed by atoms with Gasteiger partial charge in [-0.3, -0.25) is 0 Å². The number of nitrogens with zero attached hydrogens (tertiary/aromatic N) is 1. The minimum atomic E-state index is -0.623. The number of pyridine rings is 1. The van der Waals surface area contributed by atoms with Crippen LogP contribution in [0.4, 0.5) is 14.6 Å². The summed E-state index contributed by atoms with van der Waals surface area (Å²) in [6.45, 7) is 5.76. The first kappa shape index (κ1) is 18.3. The summed E-state index contributed by atoms with van der Waals surface area (Å²) in [5.74, 6) is -0.612. The first-order valence-corrected chi connectivity index (χ1v) is 8.60. The van der Waals surface area contributed by atoms with Gasteiger partial charge in [0.05, 0.1) is 12.1 Å². The van der Waals surface area contributed by atoms with E-state index in [1.165, 1.54) is 12.1 Å². The van der Waals surface area contributed by atoms with Gasteiger partial charge in [-0.05, 0) is 55.0 Å². The van der Waals surface area contributed by atoms with Crippen LogP contribution in [0.5, 0.6) is 0 Å². The van der Waals surface area contributed by atoms with Crippen LogP contribution >= 0.6 is 0 Å². The third kappa shape index (κ3) is 3.68. The number of aliphatic hydroxyl groups excluding tert-OH is 1. The van der Waals surface area contributed by atoms with Crippen molar-refractivity contribution in [3.8, 4) is 11.1 Å². The van der Waals surface area contributed by atoms with Crippen molar-refractivity contribution in [2.45, 2.75) is 32.7 Å². The van der Waals surface area contributed by atoms with E-state index in [4.69, 9.17) is 0 Å². The topological polar surface area (TPSA) is 45.2 Å². The van der Waals surface area contributed by atoms with Crippen LogP contribution in [-0.2, 0) is 6.42 Å². The molecule has 3 rings (SSSR count). The largest absolute Gasteiger partial charge is 0.394 e. The van der Waals surface area contributed by atoms with Crippen LogP contribution < -0.4 is 5.32 Å². The van der Waals surface area contributed by atoms with Crippen LogP contribution in [0.2, 0.25) is 0 Å². The zero-order chi connectivity index (χ0) is 18.9. The lowest BCUT2D eigenvalue weighted by Crippen LogP contribution is -2.35. The molecule has 3 nitrogen and oxygen atoms in total. The SMILES string of the molecule is CCc1ccc2c(-c3cc(F)cc(F)c3)cnc(NC(C)(C)CO)c2c1. The second kappa shape index (κ2) is 7.00. The van der Waals surface area contributed by atoms with Gasteiger partial charge in [-0.25, -0.2) is 13.8 Å². The van der Waals surface area contributed by atoms with Crippen LogP contribution in [0, 0.1) is 11.6 Å². The van der Waals surface area contributed by atoms with E-state index in [-0.39, 0.29) is 6.61 Å². The predicted molar refractivity (Wildman–Crippen MR) is 101 cm³/mol. The molecule has 0 unspecified atom stereocenters. The van der Waals surface area contributed by atoms with Crippen molar-refractivity contribution in [3.63, 3.8) is 0 Å². The number of anilines is 1. The molecule has 5 heteroatoms. The van der Waals surface area contributed by atoms with Gasteiger partial charge >= 0.3 is 0 Å². The zero-order valence-corrected chi connectivity index (χ0v) is 15.1. The summed E-state index contributed by atoms with van der Waals surface area (Å²) in [6, 6.07) is 9.44. The van der Waals surface area contributed by atoms with Crippen LogP contribution in [0.3, 0.4) is 0 Å². The monoisotopic (exact) mass is 356 g/mol. The van der Waals surface area contributed by atoms with Gasteiger partial charge in [0, 0.05) is 23.2 Å². The number of aliphatic hydroxyl groups is 1. The number of aromatic nitrogens is 1. The molecule has 26 heavy (non-hydrogen) atoms. The van der Waals surface area contributed by atoms with Gasteiger partial charge < -0.3 is 10.4 Å². The Balaban J connectivity index is 2.24. The Morgan fingerprint density at radius 2 is 1.73 bits per heavy atom. The van der Waals surface area contributed by atoms with Crippen molar-refractivity contribution in [1.29, 1.82) is 0 Å². The molecule has 1 aromatic heterocycles. The second-order valence-electron chi connectivity index (χ2n) is 7.08. The summed E-state index contributed by atoms with van der Waals surface area (Å²) in [5.41, 5.74) is 1.69. The van der Waals surface area contributed by atoms with Crippen molar-refractivity contribution in [2.24, 2.45) is 0 Å². The molecular weight excluding hydrogens is 334 g/mol. The Kier molecular flexibility index (Phi) is 4.92. The Labute approximate surface area is 151 Å². The summed E-state index contributed by atoms with van der Waals surface area (Å²) in [5, 5.41) is 14.5. The standard InChI is InChI=1S/C21H22F2N2O/c1-4-13-5-6-17-18(7-13)20(25-21(2,3)12-26)24-11-19(17)14-8-15(22)10-16(23)9-14/h5-11,26H,4,12H2,1-3H3,(H,24,25). The summed E-state index contributed by atoms with van der Waals surface area (Å²) in [4.78, 5) is 4.48. The molecule has 136 valence electrons. The first-order chi connectivity index (χ1) is 12.3. The van der Waals surface area contributed by atoms with E-state index in [0.29, 0.717) is 16.9 Å². The molecule has 0 aliphatic rings. The molecule has 0 aliphatic carbocycles. The fraction of sp³-hybridized carbons (Fsp3) is 0.286. The molecule has 0 bridgehead atoms. The lowest BCUT2D eigenvalue weighted by atomic mass is 9.97. The van der Waals surface area contributed by atoms with E-state index in [1.54, 1.807) is 6.20 Å². The Bertz CT molecular complexity index is 934. The molecule has 0 spiro atoms. The fourth-order valence-electron chi connectivity index (χ4n) is 2.91. The number of nitrogens with one attached hydrogen (secondary N) is 1. The van der Waals surface area contributed by atoms with E-state index in [0.717, 1.165) is 28.8 Å². The number of benzene rings is 2. The maximum absolute atomic E-state index is 13.7. The fourth-order valence-corrected chi connectivity index (χ4v) is 2.91. The van der Waals surface area contributed by atoms with Crippen molar-refractivity contribution in [1.82, 2.24) is 4.98 Å². The van der Waals surface area contributed by atoms with Crippen molar-refractivity contribution in [3.05, 3.63) is 59.8 Å². The number of fused-ring (bicyclic) bond motifs is 1. The Morgan fingerprint density at radius 1 is 1.04 bits per heavy atom. The van der Waals surface area contributed by atoms with E-state index in [9.17, 15) is 13.9 Å². The van der Waals surface area contributed by atoms with Crippen LogP contribution in [0.1, 0.15) is 26.3 Å². The predicted octanol–water partition coefficient (Wildman–Crippen LogP) is 4.93. The average Bonchev–Trinajstić information content (AvgIpc) is 2.60. The van der Waals surface area contributed by atoms with Gasteiger partial charge in [-0.15, -0.1) is 0 Å². The molecule has 0 amide bonds. The number of rotatable bonds is 5. The molecule has 0 saturated heterocycles. The van der Waals surface area contributed by atoms with E-state index in [2.05, 4.69) is 17.2 Å². The lowest BCUT2D eigenvalue weighted by Gasteiger charge is -2.25. The maximum atomic E-state index is 13.7. The molecule has 2 aromatic carbocycles. The first-order valence-electron chi connectivity index (χ1n) is 8.60. The van der Waals surface area contributed by atoms with Gasteiger partial charge in [-0.2, -0.15) is 0 Å². The molecule has 0 saturated carbocycles. The summed E-state index contributed by atoms with van der Waals surface area (Å²) in [6.07, 6.45) is 2.47. The molecule has 3 aromatic rings. The number of hydrogen-bond acceptors (Lipinski definition) is 3. The molecule has 2 N–H and O–H groups in total. The highest BCUT2D eigenvalue weighted by molar-refractivity contribution is 6.02. The Morgan fingerprint density at radius 3 is 2.35 bits per heavy atom. The van der Waals surface area contributed by atoms with Crippen molar-refractivity contribution in [2.75, 3.05) is 11.9 Å². The highest BCUT2D eigenvalue weighted by Gasteiger charge is 2.19. The van der Waals surface area contributed by atoms with E-state index in [1.807, 2.05) is 32.0 Å². The molecule has 0 atom stereocenters. The highest BCUT2D eigenvalue weighted by atomic mass is 19.1. The summed E-state index contributed by atoms with van der Waals surface area (Å²) < 4.78 is 27.4. The third-order valence-electron chi connectivity index (χ3n) is 4.39. The third-order valence-corrected chi connectivity index (χ3v) is 4.39. The quantitative estimate of drug-likeness (QED) is 0.682. The number of halogens is 2. The molecular formula is C21H22F2N2O. The van der Waals surface area contributed by atoms with Gasteiger partial charge in [0.1, 0.15) is 17.5 Å². The highest BCUT2D eigenvalue weighted by Crippen LogP contribution is 2.34. The lowest BCUT2D eigenvalue weighted by molar-refractivity contribution is 0.234. The van der Waals surface area contributed by atoms with Crippen molar-refractivity contribution < 1.29 is 13.9 Å². The normalized spacial score (nSPS) is 11.8. The van der Waals surface area contributed by atoms with Gasteiger partial charge in [0.2, 0.25) is 0 Å². The van der Waals surface area contributed by atoms with Crippen LogP contribution in [0.25, 0.3) is 21.9 Å². The molecule has 0 aliphatic heterocycles. The average molecular weight is 356 g/mol. The number of aryl methyl sites for hydroxylation is 1.